The summed E-state index contributed by atoms with van der Waals surface area (Å²) in [5, 5.41) is 31.6. The van der Waals surface area contributed by atoms with Gasteiger partial charge in [0.15, 0.2) is 23.2 Å². The third-order valence-corrected chi connectivity index (χ3v) is 9.81. The summed E-state index contributed by atoms with van der Waals surface area (Å²) in [6, 6.07) is -1.86. The Hall–Kier alpha value is -2.92. The molecule has 0 amide bonds. The molecule has 1 aliphatic carbocycles. The number of rotatable bonds is 18. The van der Waals surface area contributed by atoms with Crippen LogP contribution in [0.15, 0.2) is 6.33 Å². The Bertz CT molecular complexity index is 1430. The highest BCUT2D eigenvalue weighted by Crippen LogP contribution is 2.45. The van der Waals surface area contributed by atoms with Crippen LogP contribution in [0.25, 0.3) is 11.2 Å². The van der Waals surface area contributed by atoms with Crippen molar-refractivity contribution in [3.8, 4) is 0 Å². The Labute approximate surface area is 280 Å². The van der Waals surface area contributed by atoms with Crippen LogP contribution in [-0.4, -0.2) is 97.4 Å². The molecule has 2 aromatic heterocycles. The van der Waals surface area contributed by atoms with E-state index in [1.165, 1.54) is 17.8 Å². The summed E-state index contributed by atoms with van der Waals surface area (Å²) < 4.78 is 38.6. The van der Waals surface area contributed by atoms with Gasteiger partial charge >= 0.3 is 19.6 Å². The van der Waals surface area contributed by atoms with Gasteiger partial charge in [-0.15, -0.1) is 0 Å². The summed E-state index contributed by atoms with van der Waals surface area (Å²) >= 11 is 0. The second-order valence-corrected chi connectivity index (χ2v) is 15.2. The molecule has 0 spiro atoms. The SMILES string of the molecule is CCOC(=O)C(CC(C)C)NP(=O)(NC(CC(C)C)C(=O)OCC)OC[C@H]1O[C@@H](n2cnc3c(NC4CC4)nc(N)nc32)[C@@](C)(O)C1O. The maximum Gasteiger partial charge on any atom is 0.342 e. The molecule has 4 rings (SSSR count). The van der Waals surface area contributed by atoms with Crippen molar-refractivity contribution in [1.29, 1.82) is 0 Å². The molecule has 17 nitrogen and oxygen atoms in total. The molecule has 0 bridgehead atoms. The third kappa shape index (κ3) is 9.20. The molecule has 2 aliphatic rings. The molecule has 48 heavy (non-hydrogen) atoms. The summed E-state index contributed by atoms with van der Waals surface area (Å²) in [4.78, 5) is 38.9. The zero-order valence-electron chi connectivity index (χ0n) is 28.7. The normalized spacial score (nSPS) is 25.3. The molecule has 2 aromatic rings. The molecule has 1 saturated carbocycles. The second-order valence-electron chi connectivity index (χ2n) is 13.3. The van der Waals surface area contributed by atoms with Crippen molar-refractivity contribution in [1.82, 2.24) is 29.7 Å². The van der Waals surface area contributed by atoms with E-state index in [9.17, 15) is 24.4 Å². The van der Waals surface area contributed by atoms with Crippen LogP contribution in [0.2, 0.25) is 0 Å². The van der Waals surface area contributed by atoms with Gasteiger partial charge in [-0.1, -0.05) is 27.7 Å². The van der Waals surface area contributed by atoms with Gasteiger partial charge in [-0.2, -0.15) is 9.97 Å². The van der Waals surface area contributed by atoms with Crippen LogP contribution in [0.4, 0.5) is 11.8 Å². The lowest BCUT2D eigenvalue weighted by Crippen LogP contribution is -2.47. The number of anilines is 2. The van der Waals surface area contributed by atoms with Crippen molar-refractivity contribution in [3.05, 3.63) is 6.33 Å². The molecule has 6 atom stereocenters. The van der Waals surface area contributed by atoms with E-state index < -0.39 is 62.3 Å². The highest BCUT2D eigenvalue weighted by atomic mass is 31.2. The van der Waals surface area contributed by atoms with Crippen LogP contribution in [0.1, 0.15) is 80.4 Å². The summed E-state index contributed by atoms with van der Waals surface area (Å²) in [6.45, 7) is 12.0. The van der Waals surface area contributed by atoms with Gasteiger partial charge in [0.05, 0.1) is 26.1 Å². The number of nitrogens with zero attached hydrogens (tertiary/aromatic N) is 4. The number of hydrogen-bond acceptors (Lipinski definition) is 14. The number of fused-ring (bicyclic) bond motifs is 1. The van der Waals surface area contributed by atoms with Crippen molar-refractivity contribution < 1.29 is 43.1 Å². The highest BCUT2D eigenvalue weighted by molar-refractivity contribution is 7.54. The molecular formula is C30H51N8O9P. The topological polar surface area (TPSA) is 234 Å². The number of aliphatic hydroxyl groups is 2. The van der Waals surface area contributed by atoms with E-state index in [-0.39, 0.29) is 55.5 Å². The maximum absolute atomic E-state index is 14.6. The van der Waals surface area contributed by atoms with E-state index in [0.29, 0.717) is 11.3 Å². The molecule has 3 heterocycles. The van der Waals surface area contributed by atoms with Crippen LogP contribution < -0.4 is 21.2 Å². The van der Waals surface area contributed by atoms with Gasteiger partial charge in [0.25, 0.3) is 0 Å². The maximum atomic E-state index is 14.6. The Balaban J connectivity index is 1.61. The first-order valence-electron chi connectivity index (χ1n) is 16.5. The molecule has 1 saturated heterocycles. The summed E-state index contributed by atoms with van der Waals surface area (Å²) in [5.41, 5.74) is 4.79. The zero-order valence-corrected chi connectivity index (χ0v) is 29.6. The number of esters is 2. The number of nitrogens with one attached hydrogen (secondary N) is 3. The van der Waals surface area contributed by atoms with Crippen molar-refractivity contribution in [2.24, 2.45) is 11.8 Å². The Morgan fingerprint density at radius 1 is 1.08 bits per heavy atom. The number of carbonyl (C=O) groups excluding carboxylic acids is 2. The van der Waals surface area contributed by atoms with Gasteiger partial charge in [0.1, 0.15) is 29.9 Å². The average Bonchev–Trinajstić information content (AvgIpc) is 3.66. The number of nitrogens with two attached hydrogens (primary N) is 1. The van der Waals surface area contributed by atoms with Gasteiger partial charge in [-0.05, 0) is 58.3 Å². The average molecular weight is 699 g/mol. The van der Waals surface area contributed by atoms with E-state index in [0.717, 1.165) is 12.8 Å². The second kappa shape index (κ2) is 15.7. The third-order valence-electron chi connectivity index (χ3n) is 7.99. The lowest BCUT2D eigenvalue weighted by atomic mass is 9.96. The smallest absolute Gasteiger partial charge is 0.342 e. The summed E-state index contributed by atoms with van der Waals surface area (Å²) in [5.74, 6) is -0.857. The predicted octanol–water partition coefficient (Wildman–Crippen LogP) is 2.25. The lowest BCUT2D eigenvalue weighted by molar-refractivity contribution is -0.146. The number of aliphatic hydroxyl groups excluding tert-OH is 1. The number of hydrogen-bond donors (Lipinski definition) is 6. The van der Waals surface area contributed by atoms with Crippen LogP contribution in [0.5, 0.6) is 0 Å². The van der Waals surface area contributed by atoms with Crippen molar-refractivity contribution >= 4 is 42.5 Å². The van der Waals surface area contributed by atoms with E-state index in [1.54, 1.807) is 13.8 Å². The first-order valence-corrected chi connectivity index (χ1v) is 18.2. The van der Waals surface area contributed by atoms with E-state index in [2.05, 4.69) is 30.4 Å². The Morgan fingerprint density at radius 3 is 2.15 bits per heavy atom. The molecular weight excluding hydrogens is 647 g/mol. The molecule has 2 fully saturated rings. The van der Waals surface area contributed by atoms with Gasteiger partial charge in [0.2, 0.25) is 5.95 Å². The molecule has 18 heteroatoms. The van der Waals surface area contributed by atoms with Crippen LogP contribution in [0.3, 0.4) is 0 Å². The van der Waals surface area contributed by atoms with E-state index in [4.69, 9.17) is 24.5 Å². The fourth-order valence-electron chi connectivity index (χ4n) is 5.54. The summed E-state index contributed by atoms with van der Waals surface area (Å²) in [7, 11) is -4.30. The van der Waals surface area contributed by atoms with Gasteiger partial charge in [0, 0.05) is 6.04 Å². The number of carbonyl (C=O) groups is 2. The fourth-order valence-corrected chi connectivity index (χ4v) is 7.36. The van der Waals surface area contributed by atoms with Gasteiger partial charge < -0.3 is 40.0 Å². The molecule has 270 valence electrons. The molecule has 0 aromatic carbocycles. The van der Waals surface area contributed by atoms with Crippen molar-refractivity contribution in [3.63, 3.8) is 0 Å². The quantitative estimate of drug-likeness (QED) is 0.0967. The van der Waals surface area contributed by atoms with E-state index in [1.807, 2.05) is 27.7 Å². The van der Waals surface area contributed by atoms with E-state index >= 15 is 0 Å². The largest absolute Gasteiger partial charge is 0.465 e. The van der Waals surface area contributed by atoms with Crippen LogP contribution >= 0.6 is 7.67 Å². The highest BCUT2D eigenvalue weighted by Gasteiger charge is 2.54. The monoisotopic (exact) mass is 698 g/mol. The van der Waals surface area contributed by atoms with Crippen LogP contribution in [-0.2, 0) is 32.9 Å². The Kier molecular flexibility index (Phi) is 12.4. The number of nitrogen functional groups attached to an aromatic ring is 1. The molecule has 0 radical (unpaired) electrons. The fraction of sp³-hybridized carbons (Fsp3) is 0.767. The molecule has 3 unspecified atom stereocenters. The number of ether oxygens (including phenoxy) is 3. The molecule has 1 aliphatic heterocycles. The van der Waals surface area contributed by atoms with Gasteiger partial charge in [-0.3, -0.25) is 18.7 Å². The predicted molar refractivity (Wildman–Crippen MR) is 177 cm³/mol. The van der Waals surface area contributed by atoms with Gasteiger partial charge in [-0.25, -0.2) is 15.2 Å². The first-order chi connectivity index (χ1) is 22.6. The number of aromatic nitrogens is 4. The molecule has 7 N–H and O–H groups in total. The van der Waals surface area contributed by atoms with Crippen molar-refractivity contribution in [2.75, 3.05) is 30.9 Å². The van der Waals surface area contributed by atoms with Crippen molar-refractivity contribution in [2.45, 2.75) is 116 Å². The lowest BCUT2D eigenvalue weighted by Gasteiger charge is -2.30. The number of imidazole rings is 1. The minimum Gasteiger partial charge on any atom is -0.465 e. The first kappa shape index (κ1) is 37.9. The summed E-state index contributed by atoms with van der Waals surface area (Å²) in [6.07, 6.45) is -0.0877. The standard InChI is InChI=1S/C30H51N8O9P/c1-8-44-26(40)19(12-16(3)4)36-48(43,37-20(13-17(5)6)27(41)45-9-2)46-14-21-23(39)30(7,42)28(47-21)38-15-32-22-24(33-18-10-11-18)34-29(31)35-25(22)38/h15-21,23,28,39,42H,8-14H2,1-7H3,(H2,36,37,43)(H3,31,33,34,35)/t19?,20?,21-,23?,28-,30+,48?/m1/s1. The van der Waals surface area contributed by atoms with Crippen LogP contribution in [0, 0.1) is 11.8 Å². The Morgan fingerprint density at radius 2 is 1.65 bits per heavy atom. The zero-order chi connectivity index (χ0) is 35.4. The minimum absolute atomic E-state index is 0.00411. The minimum atomic E-state index is -4.30.